The summed E-state index contributed by atoms with van der Waals surface area (Å²) in [7, 11) is 0. The predicted octanol–water partition coefficient (Wildman–Crippen LogP) is 3.14. The molecule has 0 bridgehead atoms. The quantitative estimate of drug-likeness (QED) is 0.912. The van der Waals surface area contributed by atoms with Gasteiger partial charge in [-0.25, -0.2) is 0 Å². The number of hydrogen-bond acceptors (Lipinski definition) is 2. The monoisotopic (exact) mass is 306 g/mol. The number of carbonyl (C=O) groups is 1. The largest absolute Gasteiger partial charge is 0.384 e. The highest BCUT2D eigenvalue weighted by Crippen LogP contribution is 2.29. The first kappa shape index (κ1) is 12.9. The van der Waals surface area contributed by atoms with Gasteiger partial charge in [-0.2, -0.15) is 0 Å². The van der Waals surface area contributed by atoms with Crippen LogP contribution in [0.2, 0.25) is 0 Å². The maximum Gasteiger partial charge on any atom is 0.222 e. The van der Waals surface area contributed by atoms with Crippen molar-refractivity contribution < 1.29 is 4.79 Å². The maximum absolute atomic E-state index is 11.0. The SMILES string of the molecule is CC(CNc1ccc(Br)c2ccccc12)C(N)=O. The number of nitrogens with two attached hydrogens (primary N) is 1. The molecule has 0 aliphatic carbocycles. The summed E-state index contributed by atoms with van der Waals surface area (Å²) in [5.41, 5.74) is 6.27. The third-order valence-electron chi connectivity index (χ3n) is 2.96. The van der Waals surface area contributed by atoms with Crippen LogP contribution in [0.5, 0.6) is 0 Å². The Labute approximate surface area is 114 Å². The number of carbonyl (C=O) groups excluding carboxylic acids is 1. The van der Waals surface area contributed by atoms with Gasteiger partial charge >= 0.3 is 0 Å². The number of amides is 1. The Kier molecular flexibility index (Phi) is 3.87. The van der Waals surface area contributed by atoms with E-state index < -0.39 is 0 Å². The minimum atomic E-state index is -0.288. The molecule has 94 valence electrons. The van der Waals surface area contributed by atoms with Crippen molar-refractivity contribution in [2.45, 2.75) is 6.92 Å². The molecule has 2 rings (SSSR count). The summed E-state index contributed by atoms with van der Waals surface area (Å²) < 4.78 is 1.06. The third kappa shape index (κ3) is 2.64. The van der Waals surface area contributed by atoms with Crippen molar-refractivity contribution in [2.75, 3.05) is 11.9 Å². The second-order valence-corrected chi connectivity index (χ2v) is 5.18. The van der Waals surface area contributed by atoms with Crippen LogP contribution in [0.4, 0.5) is 5.69 Å². The van der Waals surface area contributed by atoms with Crippen LogP contribution >= 0.6 is 15.9 Å². The van der Waals surface area contributed by atoms with E-state index in [1.165, 1.54) is 0 Å². The smallest absolute Gasteiger partial charge is 0.222 e. The number of anilines is 1. The fraction of sp³-hybridized carbons (Fsp3) is 0.214. The Morgan fingerprint density at radius 2 is 1.94 bits per heavy atom. The Morgan fingerprint density at radius 1 is 1.28 bits per heavy atom. The number of primary amides is 1. The van der Waals surface area contributed by atoms with Crippen LogP contribution in [-0.4, -0.2) is 12.5 Å². The minimum Gasteiger partial charge on any atom is -0.384 e. The standard InChI is InChI=1S/C14H15BrN2O/c1-9(14(16)18)8-17-13-7-6-12(15)10-4-2-3-5-11(10)13/h2-7,9,17H,8H2,1H3,(H2,16,18). The predicted molar refractivity (Wildman–Crippen MR) is 78.5 cm³/mol. The lowest BCUT2D eigenvalue weighted by atomic mass is 10.1. The van der Waals surface area contributed by atoms with Crippen LogP contribution in [0.25, 0.3) is 10.8 Å². The zero-order chi connectivity index (χ0) is 13.1. The fourth-order valence-electron chi connectivity index (χ4n) is 1.78. The first-order chi connectivity index (χ1) is 8.59. The van der Waals surface area contributed by atoms with Crippen LogP contribution in [0.15, 0.2) is 40.9 Å². The molecule has 1 unspecified atom stereocenters. The van der Waals surface area contributed by atoms with E-state index >= 15 is 0 Å². The van der Waals surface area contributed by atoms with Gasteiger partial charge in [0.15, 0.2) is 0 Å². The van der Waals surface area contributed by atoms with Gasteiger partial charge in [-0.15, -0.1) is 0 Å². The van der Waals surface area contributed by atoms with Crippen molar-refractivity contribution in [3.8, 4) is 0 Å². The third-order valence-corrected chi connectivity index (χ3v) is 3.65. The molecular weight excluding hydrogens is 292 g/mol. The molecule has 0 heterocycles. The molecule has 1 amide bonds. The molecule has 0 radical (unpaired) electrons. The van der Waals surface area contributed by atoms with E-state index in [-0.39, 0.29) is 11.8 Å². The summed E-state index contributed by atoms with van der Waals surface area (Å²) in [6.07, 6.45) is 0. The van der Waals surface area contributed by atoms with Crippen molar-refractivity contribution in [2.24, 2.45) is 11.7 Å². The van der Waals surface area contributed by atoms with Crippen LogP contribution < -0.4 is 11.1 Å². The summed E-state index contributed by atoms with van der Waals surface area (Å²) in [6.45, 7) is 2.36. The van der Waals surface area contributed by atoms with E-state index in [1.54, 1.807) is 0 Å². The van der Waals surface area contributed by atoms with E-state index in [0.29, 0.717) is 6.54 Å². The van der Waals surface area contributed by atoms with E-state index in [4.69, 9.17) is 5.73 Å². The molecule has 2 aromatic carbocycles. The highest BCUT2D eigenvalue weighted by atomic mass is 79.9. The van der Waals surface area contributed by atoms with Crippen LogP contribution in [0.3, 0.4) is 0 Å². The van der Waals surface area contributed by atoms with E-state index in [2.05, 4.69) is 33.4 Å². The molecule has 0 fully saturated rings. The normalized spacial score (nSPS) is 12.3. The van der Waals surface area contributed by atoms with Gasteiger partial charge in [-0.05, 0) is 17.5 Å². The highest BCUT2D eigenvalue weighted by Gasteiger charge is 2.09. The van der Waals surface area contributed by atoms with Crippen LogP contribution in [0, 0.1) is 5.92 Å². The number of fused-ring (bicyclic) bond motifs is 1. The average molecular weight is 307 g/mol. The molecule has 4 heteroatoms. The number of benzene rings is 2. The van der Waals surface area contributed by atoms with Crippen molar-refractivity contribution in [3.63, 3.8) is 0 Å². The van der Waals surface area contributed by atoms with Crippen LogP contribution in [-0.2, 0) is 4.79 Å². The van der Waals surface area contributed by atoms with Crippen molar-refractivity contribution in [1.82, 2.24) is 0 Å². The van der Waals surface area contributed by atoms with Crippen molar-refractivity contribution in [1.29, 1.82) is 0 Å². The molecule has 1 atom stereocenters. The Hall–Kier alpha value is -1.55. The molecule has 0 saturated heterocycles. The van der Waals surface area contributed by atoms with Gasteiger partial charge in [0.2, 0.25) is 5.91 Å². The average Bonchev–Trinajstić information content (AvgIpc) is 2.38. The topological polar surface area (TPSA) is 55.1 Å². The second-order valence-electron chi connectivity index (χ2n) is 4.32. The molecule has 0 aliphatic heterocycles. The maximum atomic E-state index is 11.0. The molecular formula is C14H15BrN2O. The van der Waals surface area contributed by atoms with Gasteiger partial charge in [-0.3, -0.25) is 4.79 Å². The Balaban J connectivity index is 2.29. The lowest BCUT2D eigenvalue weighted by molar-refractivity contribution is -0.120. The van der Waals surface area contributed by atoms with Crippen molar-refractivity contribution in [3.05, 3.63) is 40.9 Å². The van der Waals surface area contributed by atoms with E-state index in [0.717, 1.165) is 20.9 Å². The van der Waals surface area contributed by atoms with Gasteiger partial charge in [-0.1, -0.05) is 47.1 Å². The molecule has 3 N–H and O–H groups in total. The van der Waals surface area contributed by atoms with Gasteiger partial charge in [0.1, 0.15) is 0 Å². The van der Waals surface area contributed by atoms with Gasteiger partial charge in [0.05, 0.1) is 5.92 Å². The lowest BCUT2D eigenvalue weighted by Crippen LogP contribution is -2.26. The number of nitrogens with one attached hydrogen (secondary N) is 1. The highest BCUT2D eigenvalue weighted by molar-refractivity contribution is 9.10. The second kappa shape index (κ2) is 5.40. The number of hydrogen-bond donors (Lipinski definition) is 2. The summed E-state index contributed by atoms with van der Waals surface area (Å²) in [6, 6.07) is 12.1. The molecule has 0 aromatic heterocycles. The first-order valence-corrected chi connectivity index (χ1v) is 6.59. The molecule has 2 aromatic rings. The summed E-state index contributed by atoms with van der Waals surface area (Å²) in [5, 5.41) is 5.55. The van der Waals surface area contributed by atoms with Gasteiger partial charge in [0, 0.05) is 22.1 Å². The molecule has 0 spiro atoms. The summed E-state index contributed by atoms with van der Waals surface area (Å²) in [4.78, 5) is 11.0. The van der Waals surface area contributed by atoms with E-state index in [9.17, 15) is 4.79 Å². The minimum absolute atomic E-state index is 0.188. The lowest BCUT2D eigenvalue weighted by Gasteiger charge is -2.13. The molecule has 0 aliphatic rings. The van der Waals surface area contributed by atoms with Crippen LogP contribution in [0.1, 0.15) is 6.92 Å². The number of halogens is 1. The van der Waals surface area contributed by atoms with Crippen molar-refractivity contribution >= 4 is 38.3 Å². The Bertz CT molecular complexity index is 583. The number of rotatable bonds is 4. The molecule has 3 nitrogen and oxygen atoms in total. The fourth-order valence-corrected chi connectivity index (χ4v) is 2.26. The molecule has 18 heavy (non-hydrogen) atoms. The zero-order valence-electron chi connectivity index (χ0n) is 10.1. The Morgan fingerprint density at radius 3 is 2.61 bits per heavy atom. The summed E-state index contributed by atoms with van der Waals surface area (Å²) >= 11 is 3.53. The first-order valence-electron chi connectivity index (χ1n) is 5.80. The van der Waals surface area contributed by atoms with Gasteiger partial charge in [0.25, 0.3) is 0 Å². The van der Waals surface area contributed by atoms with E-state index in [1.807, 2.05) is 31.2 Å². The zero-order valence-corrected chi connectivity index (χ0v) is 11.7. The van der Waals surface area contributed by atoms with Gasteiger partial charge < -0.3 is 11.1 Å². The summed E-state index contributed by atoms with van der Waals surface area (Å²) in [5.74, 6) is -0.476. The molecule has 0 saturated carbocycles.